The Morgan fingerprint density at radius 2 is 1.75 bits per heavy atom. The van der Waals surface area contributed by atoms with Crippen LogP contribution in [-0.2, 0) is 4.79 Å². The van der Waals surface area contributed by atoms with E-state index in [4.69, 9.17) is 25.8 Å². The molecule has 3 rings (SSSR count). The second-order valence-corrected chi connectivity index (χ2v) is 6.78. The fraction of sp³-hybridized carbons (Fsp3) is 0.0870. The maximum atomic E-state index is 12.9. The van der Waals surface area contributed by atoms with Crippen molar-refractivity contribution in [2.45, 2.75) is 0 Å². The van der Waals surface area contributed by atoms with E-state index in [0.717, 1.165) is 0 Å². The van der Waals surface area contributed by atoms with Crippen LogP contribution in [0.15, 0.2) is 71.8 Å². The topological polar surface area (TPSA) is 86.2 Å². The van der Waals surface area contributed by atoms with E-state index in [9.17, 15) is 14.0 Å². The van der Waals surface area contributed by atoms with Gasteiger partial charge in [0.05, 0.1) is 18.9 Å². The van der Waals surface area contributed by atoms with Crippen molar-refractivity contribution in [2.75, 3.05) is 13.7 Å². The first-order valence-electron chi connectivity index (χ1n) is 9.30. The first-order valence-corrected chi connectivity index (χ1v) is 9.68. The van der Waals surface area contributed by atoms with Crippen molar-refractivity contribution >= 4 is 29.7 Å². The number of hydrogen-bond acceptors (Lipinski definition) is 6. The van der Waals surface area contributed by atoms with E-state index in [1.165, 1.54) is 37.6 Å². The summed E-state index contributed by atoms with van der Waals surface area (Å²) in [7, 11) is 1.43. The monoisotopic (exact) mass is 456 g/mol. The highest BCUT2D eigenvalue weighted by Gasteiger charge is 2.13. The molecule has 0 aliphatic rings. The number of ether oxygens (including phenoxy) is 3. The van der Waals surface area contributed by atoms with Crippen LogP contribution in [0.3, 0.4) is 0 Å². The minimum atomic E-state index is -0.560. The van der Waals surface area contributed by atoms with Crippen molar-refractivity contribution in [3.63, 3.8) is 0 Å². The lowest BCUT2D eigenvalue weighted by atomic mass is 10.2. The van der Waals surface area contributed by atoms with Crippen molar-refractivity contribution in [1.82, 2.24) is 5.43 Å². The van der Waals surface area contributed by atoms with Crippen LogP contribution in [0, 0.1) is 5.82 Å². The van der Waals surface area contributed by atoms with Gasteiger partial charge in [0.15, 0.2) is 18.1 Å². The minimum Gasteiger partial charge on any atom is -0.493 e. The normalized spacial score (nSPS) is 10.6. The number of benzene rings is 3. The summed E-state index contributed by atoms with van der Waals surface area (Å²) < 4.78 is 28.7. The number of carbonyl (C=O) groups excluding carboxylic acids is 2. The fourth-order valence-electron chi connectivity index (χ4n) is 2.48. The van der Waals surface area contributed by atoms with Crippen LogP contribution >= 0.6 is 11.6 Å². The molecule has 0 bridgehead atoms. The molecule has 9 heteroatoms. The molecule has 1 N–H and O–H groups in total. The van der Waals surface area contributed by atoms with Crippen molar-refractivity contribution in [3.8, 4) is 17.2 Å². The van der Waals surface area contributed by atoms with Crippen LogP contribution in [-0.4, -0.2) is 31.8 Å². The van der Waals surface area contributed by atoms with E-state index in [1.54, 1.807) is 42.5 Å². The molecule has 0 saturated carbocycles. The van der Waals surface area contributed by atoms with Gasteiger partial charge in [-0.3, -0.25) is 4.79 Å². The Morgan fingerprint density at radius 3 is 2.44 bits per heavy atom. The highest BCUT2D eigenvalue weighted by Crippen LogP contribution is 2.28. The van der Waals surface area contributed by atoms with Gasteiger partial charge < -0.3 is 14.2 Å². The summed E-state index contributed by atoms with van der Waals surface area (Å²) in [4.78, 5) is 24.1. The van der Waals surface area contributed by atoms with E-state index in [1.807, 2.05) is 0 Å². The van der Waals surface area contributed by atoms with Gasteiger partial charge in [0.1, 0.15) is 11.6 Å². The molecule has 0 fully saturated rings. The summed E-state index contributed by atoms with van der Waals surface area (Å²) >= 11 is 5.82. The van der Waals surface area contributed by atoms with Crippen LogP contribution in [0.5, 0.6) is 17.2 Å². The molecule has 164 valence electrons. The predicted octanol–water partition coefficient (Wildman–Crippen LogP) is 4.24. The molecule has 0 atom stereocenters. The van der Waals surface area contributed by atoms with Crippen LogP contribution < -0.4 is 19.6 Å². The first-order chi connectivity index (χ1) is 15.4. The molecule has 0 aliphatic carbocycles. The number of hydrazone groups is 1. The maximum absolute atomic E-state index is 12.9. The molecule has 3 aromatic rings. The molecule has 32 heavy (non-hydrogen) atoms. The quantitative estimate of drug-likeness (QED) is 0.237. The average molecular weight is 457 g/mol. The van der Waals surface area contributed by atoms with E-state index in [0.29, 0.717) is 27.6 Å². The van der Waals surface area contributed by atoms with E-state index < -0.39 is 17.7 Å². The number of halogens is 2. The lowest BCUT2D eigenvalue weighted by molar-refractivity contribution is -0.123. The van der Waals surface area contributed by atoms with Crippen LogP contribution in [0.25, 0.3) is 0 Å². The summed E-state index contributed by atoms with van der Waals surface area (Å²) in [6.45, 7) is -0.286. The number of amides is 1. The summed E-state index contributed by atoms with van der Waals surface area (Å²) in [5, 5.41) is 4.36. The third-order valence-electron chi connectivity index (χ3n) is 4.06. The predicted molar refractivity (Wildman–Crippen MR) is 117 cm³/mol. The van der Waals surface area contributed by atoms with Gasteiger partial charge >= 0.3 is 5.97 Å². The van der Waals surface area contributed by atoms with Gasteiger partial charge in [-0.2, -0.15) is 5.10 Å². The standard InChI is InChI=1S/C23H18ClFN2O5/c1-30-21-12-15(2-11-20(21)32-23(29)16-3-5-17(24)6-4-16)13-26-27-22(28)14-31-19-9-7-18(25)8-10-19/h2-13H,14H2,1H3,(H,27,28). The van der Waals surface area contributed by atoms with Gasteiger partial charge in [0, 0.05) is 5.02 Å². The summed E-state index contributed by atoms with van der Waals surface area (Å²) in [6.07, 6.45) is 1.39. The molecule has 3 aromatic carbocycles. The second-order valence-electron chi connectivity index (χ2n) is 6.34. The van der Waals surface area contributed by atoms with E-state index in [-0.39, 0.29) is 12.4 Å². The zero-order chi connectivity index (χ0) is 22.9. The first kappa shape index (κ1) is 22.8. The third kappa shape index (κ3) is 6.55. The molecular weight excluding hydrogens is 439 g/mol. The largest absolute Gasteiger partial charge is 0.493 e. The molecule has 1 amide bonds. The molecule has 0 aromatic heterocycles. The SMILES string of the molecule is COc1cc(C=NNC(=O)COc2ccc(F)cc2)ccc1OC(=O)c1ccc(Cl)cc1. The zero-order valence-electron chi connectivity index (χ0n) is 16.9. The number of nitrogens with zero attached hydrogens (tertiary/aromatic N) is 1. The number of carbonyl (C=O) groups is 2. The molecule has 0 radical (unpaired) electrons. The second kappa shape index (κ2) is 10.9. The molecule has 7 nitrogen and oxygen atoms in total. The van der Waals surface area contributed by atoms with E-state index >= 15 is 0 Å². The Bertz CT molecular complexity index is 1120. The minimum absolute atomic E-state index is 0.223. The van der Waals surface area contributed by atoms with Gasteiger partial charge in [-0.15, -0.1) is 0 Å². The zero-order valence-corrected chi connectivity index (χ0v) is 17.6. The summed E-state index contributed by atoms with van der Waals surface area (Å²) in [6, 6.07) is 16.4. The Hall–Kier alpha value is -3.91. The van der Waals surface area contributed by atoms with Crippen molar-refractivity contribution in [1.29, 1.82) is 0 Å². The highest BCUT2D eigenvalue weighted by molar-refractivity contribution is 6.30. The molecule has 0 heterocycles. The molecular formula is C23H18ClFN2O5. The van der Waals surface area contributed by atoms with Crippen molar-refractivity contribution in [3.05, 3.63) is 88.7 Å². The number of rotatable bonds is 8. The van der Waals surface area contributed by atoms with Crippen LogP contribution in [0.1, 0.15) is 15.9 Å². The number of methoxy groups -OCH3 is 1. The lowest BCUT2D eigenvalue weighted by Crippen LogP contribution is -2.24. The summed E-state index contributed by atoms with van der Waals surface area (Å²) in [5.74, 6) is -0.559. The number of esters is 1. The van der Waals surface area contributed by atoms with Gasteiger partial charge in [0.25, 0.3) is 5.91 Å². The smallest absolute Gasteiger partial charge is 0.343 e. The lowest BCUT2D eigenvalue weighted by Gasteiger charge is -2.10. The van der Waals surface area contributed by atoms with Crippen molar-refractivity contribution < 1.29 is 28.2 Å². The van der Waals surface area contributed by atoms with Gasteiger partial charge in [-0.1, -0.05) is 11.6 Å². The van der Waals surface area contributed by atoms with E-state index in [2.05, 4.69) is 10.5 Å². The fourth-order valence-corrected chi connectivity index (χ4v) is 2.61. The maximum Gasteiger partial charge on any atom is 0.343 e. The van der Waals surface area contributed by atoms with Crippen LogP contribution in [0.4, 0.5) is 4.39 Å². The Balaban J connectivity index is 1.55. The molecule has 0 spiro atoms. The van der Waals surface area contributed by atoms with Gasteiger partial charge in [0.2, 0.25) is 0 Å². The molecule has 0 saturated heterocycles. The Labute approximate surface area is 188 Å². The van der Waals surface area contributed by atoms with Crippen molar-refractivity contribution in [2.24, 2.45) is 5.10 Å². The molecule has 0 unspecified atom stereocenters. The highest BCUT2D eigenvalue weighted by atomic mass is 35.5. The third-order valence-corrected chi connectivity index (χ3v) is 4.31. The van der Waals surface area contributed by atoms with Gasteiger partial charge in [-0.25, -0.2) is 14.6 Å². The Kier molecular flexibility index (Phi) is 7.77. The molecule has 0 aliphatic heterocycles. The van der Waals surface area contributed by atoms with Gasteiger partial charge in [-0.05, 0) is 72.3 Å². The van der Waals surface area contributed by atoms with Crippen LogP contribution in [0.2, 0.25) is 5.02 Å². The Morgan fingerprint density at radius 1 is 1.03 bits per heavy atom. The average Bonchev–Trinajstić information content (AvgIpc) is 2.80. The number of hydrogen-bond donors (Lipinski definition) is 1. The summed E-state index contributed by atoms with van der Waals surface area (Å²) in [5.41, 5.74) is 3.25. The number of nitrogens with one attached hydrogen (secondary N) is 1.